The van der Waals surface area contributed by atoms with Gasteiger partial charge in [0.25, 0.3) is 5.91 Å². The van der Waals surface area contributed by atoms with Gasteiger partial charge in [-0.25, -0.2) is 22.6 Å². The molecule has 4 amide bonds. The van der Waals surface area contributed by atoms with E-state index < -0.39 is 80.5 Å². The number of carbonyl (C=O) groups is 4. The molecule has 7 atom stereocenters. The fraction of sp³-hybridized carbons (Fsp3) is 0.545. The van der Waals surface area contributed by atoms with Crippen LogP contribution in [0.15, 0.2) is 42.6 Å². The molecule has 6 rings (SSSR count). The van der Waals surface area contributed by atoms with Gasteiger partial charge in [-0.3, -0.25) is 19.1 Å². The first-order valence-electron chi connectivity index (χ1n) is 16.3. The van der Waals surface area contributed by atoms with E-state index in [1.54, 1.807) is 19.1 Å². The summed E-state index contributed by atoms with van der Waals surface area (Å²) < 4.78 is 48.0. The Labute approximate surface area is 277 Å². The highest BCUT2D eigenvalue weighted by Crippen LogP contribution is 2.46. The molecule has 258 valence electrons. The van der Waals surface area contributed by atoms with Gasteiger partial charge in [-0.05, 0) is 73.9 Å². The topological polar surface area (TPSA) is 184 Å². The molecule has 4 aliphatic rings. The maximum atomic E-state index is 14.2. The molecule has 1 saturated heterocycles. The molecule has 4 N–H and O–H groups in total. The molecular formula is C33H40FN5O8S. The quantitative estimate of drug-likeness (QED) is 0.332. The highest BCUT2D eigenvalue weighted by atomic mass is 32.2. The van der Waals surface area contributed by atoms with Gasteiger partial charge in [0, 0.05) is 23.9 Å². The molecule has 2 aliphatic heterocycles. The number of benzene rings is 1. The minimum Gasteiger partial charge on any atom is -0.472 e. The summed E-state index contributed by atoms with van der Waals surface area (Å²) in [4.78, 5) is 59.3. The fourth-order valence-electron chi connectivity index (χ4n) is 7.00. The van der Waals surface area contributed by atoms with Crippen molar-refractivity contribution in [2.75, 3.05) is 6.54 Å². The van der Waals surface area contributed by atoms with Crippen molar-refractivity contribution < 1.29 is 41.8 Å². The predicted octanol–water partition coefficient (Wildman–Crippen LogP) is 2.85. The van der Waals surface area contributed by atoms with Gasteiger partial charge in [0.1, 0.15) is 29.5 Å². The molecule has 3 fully saturated rings. The molecule has 0 bridgehead atoms. The number of pyridine rings is 1. The number of hydrogen-bond acceptors (Lipinski definition) is 8. The van der Waals surface area contributed by atoms with Gasteiger partial charge in [-0.1, -0.05) is 32.1 Å². The van der Waals surface area contributed by atoms with Crippen LogP contribution in [0.4, 0.5) is 9.18 Å². The Morgan fingerprint density at radius 2 is 1.92 bits per heavy atom. The molecule has 1 aromatic carbocycles. The van der Waals surface area contributed by atoms with Crippen molar-refractivity contribution in [1.82, 2.24) is 25.2 Å². The molecule has 15 heteroatoms. The summed E-state index contributed by atoms with van der Waals surface area (Å²) in [5.41, 5.74) is -1.55. The van der Waals surface area contributed by atoms with Gasteiger partial charge in [0.2, 0.25) is 27.7 Å². The SMILES string of the molecule is C[C@@H]1CC/C=C\[C@@H]2CC2(C(=O)NS(=O)(=O)C2CC2)NC(=O)[C@@H]2C[C@@H](Oc3nccc4ccc(F)cc34)CN2C(=O)[C@@H](NC(=O)O)[C@H](C)C1. The summed E-state index contributed by atoms with van der Waals surface area (Å²) in [5, 5.41) is 15.2. The highest BCUT2D eigenvalue weighted by Gasteiger charge is 2.62. The van der Waals surface area contributed by atoms with E-state index in [-0.39, 0.29) is 31.2 Å². The molecular weight excluding hydrogens is 645 g/mol. The van der Waals surface area contributed by atoms with Crippen molar-refractivity contribution in [3.8, 4) is 5.88 Å². The van der Waals surface area contributed by atoms with Crippen molar-refractivity contribution in [2.45, 2.75) is 87.8 Å². The number of rotatable bonds is 6. The second kappa shape index (κ2) is 13.0. The molecule has 1 aromatic heterocycles. The van der Waals surface area contributed by atoms with Crippen LogP contribution in [0, 0.1) is 23.6 Å². The maximum Gasteiger partial charge on any atom is 0.405 e. The fourth-order valence-corrected chi connectivity index (χ4v) is 8.36. The Kier molecular flexibility index (Phi) is 9.09. The normalized spacial score (nSPS) is 31.8. The van der Waals surface area contributed by atoms with Crippen LogP contribution in [0.3, 0.4) is 0 Å². The zero-order chi connectivity index (χ0) is 34.4. The predicted molar refractivity (Wildman–Crippen MR) is 172 cm³/mol. The van der Waals surface area contributed by atoms with Gasteiger partial charge >= 0.3 is 6.09 Å². The first-order valence-corrected chi connectivity index (χ1v) is 17.9. The lowest BCUT2D eigenvalue weighted by atomic mass is 9.88. The van der Waals surface area contributed by atoms with Crippen LogP contribution in [-0.4, -0.2) is 82.7 Å². The van der Waals surface area contributed by atoms with Crippen LogP contribution >= 0.6 is 0 Å². The van der Waals surface area contributed by atoms with Gasteiger partial charge in [0.15, 0.2) is 0 Å². The maximum absolute atomic E-state index is 14.2. The summed E-state index contributed by atoms with van der Waals surface area (Å²) >= 11 is 0. The molecule has 3 heterocycles. The number of aromatic nitrogens is 1. The van der Waals surface area contributed by atoms with E-state index >= 15 is 0 Å². The number of carbonyl (C=O) groups excluding carboxylic acids is 3. The number of allylic oxidation sites excluding steroid dienone is 1. The Morgan fingerprint density at radius 1 is 1.15 bits per heavy atom. The summed E-state index contributed by atoms with van der Waals surface area (Å²) in [6.45, 7) is 3.67. The zero-order valence-corrected chi connectivity index (χ0v) is 27.5. The summed E-state index contributed by atoms with van der Waals surface area (Å²) in [6.07, 6.45) is 5.94. The summed E-state index contributed by atoms with van der Waals surface area (Å²) in [5.74, 6) is -3.35. The lowest BCUT2D eigenvalue weighted by molar-refractivity contribution is -0.142. The van der Waals surface area contributed by atoms with Gasteiger partial charge < -0.3 is 25.4 Å². The first kappa shape index (κ1) is 33.6. The number of ether oxygens (including phenoxy) is 1. The minimum atomic E-state index is -3.91. The second-order valence-electron chi connectivity index (χ2n) is 13.7. The van der Waals surface area contributed by atoms with E-state index in [1.807, 2.05) is 19.1 Å². The molecule has 0 spiro atoms. The van der Waals surface area contributed by atoms with E-state index in [1.165, 1.54) is 23.2 Å². The molecule has 0 radical (unpaired) electrons. The molecule has 13 nitrogen and oxygen atoms in total. The summed E-state index contributed by atoms with van der Waals surface area (Å²) in [7, 11) is -3.91. The monoisotopic (exact) mass is 685 g/mol. The van der Waals surface area contributed by atoms with E-state index in [4.69, 9.17) is 4.74 Å². The molecule has 2 saturated carbocycles. The Bertz CT molecular complexity index is 1770. The third-order valence-electron chi connectivity index (χ3n) is 9.87. The van der Waals surface area contributed by atoms with Crippen LogP contribution in [0.2, 0.25) is 0 Å². The largest absolute Gasteiger partial charge is 0.472 e. The number of amides is 4. The van der Waals surface area contributed by atoms with Crippen molar-refractivity contribution in [3.63, 3.8) is 0 Å². The average molecular weight is 686 g/mol. The van der Waals surface area contributed by atoms with E-state index in [0.29, 0.717) is 36.5 Å². The first-order chi connectivity index (χ1) is 22.8. The Morgan fingerprint density at radius 3 is 2.65 bits per heavy atom. The lowest BCUT2D eigenvalue weighted by Gasteiger charge is -2.32. The van der Waals surface area contributed by atoms with Crippen molar-refractivity contribution in [2.24, 2.45) is 17.8 Å². The van der Waals surface area contributed by atoms with E-state index in [2.05, 4.69) is 20.3 Å². The third-order valence-corrected chi connectivity index (χ3v) is 11.7. The smallest absolute Gasteiger partial charge is 0.405 e. The zero-order valence-electron chi connectivity index (χ0n) is 26.7. The molecule has 2 aromatic rings. The number of sulfonamides is 1. The van der Waals surface area contributed by atoms with Crippen molar-refractivity contribution >= 4 is 44.6 Å². The van der Waals surface area contributed by atoms with Crippen LogP contribution < -0.4 is 20.1 Å². The van der Waals surface area contributed by atoms with Crippen LogP contribution in [0.1, 0.15) is 58.8 Å². The third kappa shape index (κ3) is 6.96. The van der Waals surface area contributed by atoms with Crippen molar-refractivity contribution in [1.29, 1.82) is 0 Å². The average Bonchev–Trinajstić information content (AvgIpc) is 3.95. The van der Waals surface area contributed by atoms with Crippen LogP contribution in [0.25, 0.3) is 10.8 Å². The number of nitrogens with one attached hydrogen (secondary N) is 3. The minimum absolute atomic E-state index is 0.0475. The van der Waals surface area contributed by atoms with Crippen LogP contribution in [-0.2, 0) is 24.4 Å². The lowest BCUT2D eigenvalue weighted by Crippen LogP contribution is -2.59. The van der Waals surface area contributed by atoms with Gasteiger partial charge in [0.05, 0.1) is 11.8 Å². The number of hydrogen-bond donors (Lipinski definition) is 4. The van der Waals surface area contributed by atoms with E-state index in [0.717, 1.165) is 6.42 Å². The molecule has 1 unspecified atom stereocenters. The number of carboxylic acid groups (broad SMARTS) is 1. The van der Waals surface area contributed by atoms with Gasteiger partial charge in [-0.15, -0.1) is 0 Å². The summed E-state index contributed by atoms with van der Waals surface area (Å²) in [6, 6.07) is 3.47. The Balaban J connectivity index is 1.34. The second-order valence-corrected chi connectivity index (χ2v) is 15.6. The van der Waals surface area contributed by atoms with Gasteiger partial charge in [-0.2, -0.15) is 0 Å². The highest BCUT2D eigenvalue weighted by molar-refractivity contribution is 7.91. The standard InChI is InChI=1S/C33H40FN5O8S/c1-18-5-3-4-6-21-16-33(21,31(42)38-48(45,46)24-9-10-24)37-28(40)26-15-23(17-39(26)30(41)27(19(2)13-18)36-32(43)44)47-29-25-14-22(34)8-7-20(25)11-12-35-29/h4,6-8,11-12,14,18-19,21,23-24,26-27,36H,3,5,9-10,13,15-17H2,1-2H3,(H,37,40)(H,38,42)(H,43,44)/b6-4-/t18-,19-,21-,23-,26+,27+,33?/m1/s1. The number of fused-ring (bicyclic) bond motifs is 3. The number of nitrogens with zero attached hydrogens (tertiary/aromatic N) is 2. The number of halogens is 1. The molecule has 2 aliphatic carbocycles. The Hall–Kier alpha value is -4.27. The van der Waals surface area contributed by atoms with Crippen molar-refractivity contribution in [3.05, 3.63) is 48.4 Å². The molecule has 48 heavy (non-hydrogen) atoms. The van der Waals surface area contributed by atoms with E-state index in [9.17, 15) is 37.1 Å². The van der Waals surface area contributed by atoms with Crippen LogP contribution in [0.5, 0.6) is 5.88 Å².